The molecule has 3 aliphatic carbocycles. The molecule has 3 rings (SSSR count). The fraction of sp³-hybridized carbons (Fsp3) is 0.875. The van der Waals surface area contributed by atoms with Gasteiger partial charge in [0.05, 0.1) is 0 Å². The number of rotatable bonds is 5. The summed E-state index contributed by atoms with van der Waals surface area (Å²) in [6.07, 6.45) is 16.7. The molecule has 0 spiro atoms. The van der Waals surface area contributed by atoms with Crippen molar-refractivity contribution in [3.63, 3.8) is 0 Å². The molecule has 3 atom stereocenters. The summed E-state index contributed by atoms with van der Waals surface area (Å²) in [7, 11) is 0. The fourth-order valence-electron chi connectivity index (χ4n) is 4.20. The Morgan fingerprint density at radius 2 is 1.88 bits per heavy atom. The van der Waals surface area contributed by atoms with Crippen molar-refractivity contribution < 1.29 is 0 Å². The molecule has 0 aromatic rings. The lowest BCUT2D eigenvalue weighted by atomic mass is 9.87. The minimum atomic E-state index is 0.919. The predicted octanol–water partition coefficient (Wildman–Crippen LogP) is 3.76. The molecule has 1 N–H and O–H groups in total. The maximum Gasteiger partial charge on any atom is -0.00147 e. The van der Waals surface area contributed by atoms with Gasteiger partial charge in [0.15, 0.2) is 0 Å². The Bertz CT molecular complexity index is 265. The molecule has 0 amide bonds. The molecule has 2 saturated carbocycles. The van der Waals surface area contributed by atoms with Crippen LogP contribution in [-0.4, -0.2) is 13.1 Å². The Hall–Kier alpha value is -0.300. The van der Waals surface area contributed by atoms with Gasteiger partial charge >= 0.3 is 0 Å². The largest absolute Gasteiger partial charge is 0.316 e. The molecule has 0 heterocycles. The first-order valence-corrected chi connectivity index (χ1v) is 7.81. The second-order valence-corrected chi connectivity index (χ2v) is 6.54. The minimum Gasteiger partial charge on any atom is -0.316 e. The summed E-state index contributed by atoms with van der Waals surface area (Å²) in [6, 6.07) is 0. The molecule has 2 fully saturated rings. The summed E-state index contributed by atoms with van der Waals surface area (Å²) in [6.45, 7) is 2.54. The van der Waals surface area contributed by atoms with Gasteiger partial charge in [0.25, 0.3) is 0 Å². The monoisotopic (exact) mass is 233 g/mol. The van der Waals surface area contributed by atoms with Crippen LogP contribution in [0.1, 0.15) is 51.4 Å². The molecule has 3 aliphatic rings. The molecule has 96 valence electrons. The van der Waals surface area contributed by atoms with Gasteiger partial charge in [-0.15, -0.1) is 0 Å². The first-order valence-electron chi connectivity index (χ1n) is 7.81. The van der Waals surface area contributed by atoms with Gasteiger partial charge < -0.3 is 5.32 Å². The van der Waals surface area contributed by atoms with E-state index in [1.165, 1.54) is 64.5 Å². The van der Waals surface area contributed by atoms with Crippen molar-refractivity contribution in [3.05, 3.63) is 12.2 Å². The maximum absolute atomic E-state index is 3.73. The van der Waals surface area contributed by atoms with E-state index in [-0.39, 0.29) is 0 Å². The smallest absolute Gasteiger partial charge is 0.00147 e. The van der Waals surface area contributed by atoms with Crippen molar-refractivity contribution in [1.82, 2.24) is 5.32 Å². The van der Waals surface area contributed by atoms with Crippen LogP contribution in [0.15, 0.2) is 12.2 Å². The van der Waals surface area contributed by atoms with Crippen molar-refractivity contribution >= 4 is 0 Å². The van der Waals surface area contributed by atoms with Crippen molar-refractivity contribution in [2.24, 2.45) is 23.7 Å². The van der Waals surface area contributed by atoms with Gasteiger partial charge in [0.1, 0.15) is 0 Å². The average molecular weight is 233 g/mol. The highest BCUT2D eigenvalue weighted by molar-refractivity contribution is 5.10. The molecular weight excluding hydrogens is 206 g/mol. The molecule has 17 heavy (non-hydrogen) atoms. The van der Waals surface area contributed by atoms with Gasteiger partial charge in [-0.25, -0.2) is 0 Å². The summed E-state index contributed by atoms with van der Waals surface area (Å²) in [5.41, 5.74) is 0. The van der Waals surface area contributed by atoms with Gasteiger partial charge in [-0.05, 0) is 56.0 Å². The van der Waals surface area contributed by atoms with E-state index in [4.69, 9.17) is 0 Å². The van der Waals surface area contributed by atoms with Crippen molar-refractivity contribution in [3.8, 4) is 0 Å². The van der Waals surface area contributed by atoms with Gasteiger partial charge in [-0.1, -0.05) is 44.3 Å². The van der Waals surface area contributed by atoms with E-state index in [0.29, 0.717) is 0 Å². The van der Waals surface area contributed by atoms with E-state index in [0.717, 1.165) is 23.7 Å². The fourth-order valence-corrected chi connectivity index (χ4v) is 4.20. The molecule has 3 unspecified atom stereocenters. The van der Waals surface area contributed by atoms with E-state index in [1.54, 1.807) is 0 Å². The zero-order valence-electron chi connectivity index (χ0n) is 11.0. The molecule has 0 aromatic carbocycles. The zero-order valence-corrected chi connectivity index (χ0v) is 11.0. The van der Waals surface area contributed by atoms with Crippen LogP contribution in [0, 0.1) is 23.7 Å². The molecular formula is C16H27N. The summed E-state index contributed by atoms with van der Waals surface area (Å²) in [4.78, 5) is 0. The summed E-state index contributed by atoms with van der Waals surface area (Å²) in [5, 5.41) is 3.73. The predicted molar refractivity (Wildman–Crippen MR) is 72.9 cm³/mol. The Morgan fingerprint density at radius 3 is 2.59 bits per heavy atom. The number of fused-ring (bicyclic) bond motifs is 2. The first-order chi connectivity index (χ1) is 8.42. The van der Waals surface area contributed by atoms with Gasteiger partial charge in [0.2, 0.25) is 0 Å². The maximum atomic E-state index is 3.73. The van der Waals surface area contributed by atoms with Crippen LogP contribution in [0.25, 0.3) is 0 Å². The number of nitrogens with one attached hydrogen (secondary N) is 1. The van der Waals surface area contributed by atoms with Gasteiger partial charge in [-0.2, -0.15) is 0 Å². The number of hydrogen-bond acceptors (Lipinski definition) is 1. The summed E-state index contributed by atoms with van der Waals surface area (Å²) in [5.74, 6) is 3.85. The summed E-state index contributed by atoms with van der Waals surface area (Å²) < 4.78 is 0. The zero-order chi connectivity index (χ0) is 11.5. The van der Waals surface area contributed by atoms with Gasteiger partial charge in [0, 0.05) is 0 Å². The lowest BCUT2D eigenvalue weighted by Crippen LogP contribution is -2.27. The standard InChI is InChI=1S/C16H27N/c1-2-4-13(5-3-1)8-9-17-12-16-11-14-6-7-15(16)10-14/h6-7,13-17H,1-5,8-12H2. The van der Waals surface area contributed by atoms with Crippen LogP contribution in [0.4, 0.5) is 0 Å². The second-order valence-electron chi connectivity index (χ2n) is 6.54. The highest BCUT2D eigenvalue weighted by atomic mass is 14.9. The van der Waals surface area contributed by atoms with E-state index in [9.17, 15) is 0 Å². The van der Waals surface area contributed by atoms with Gasteiger partial charge in [-0.3, -0.25) is 0 Å². The molecule has 0 aromatic heterocycles. The third-order valence-corrected chi connectivity index (χ3v) is 5.28. The highest BCUT2D eigenvalue weighted by Gasteiger charge is 2.34. The lowest BCUT2D eigenvalue weighted by molar-refractivity contribution is 0.325. The van der Waals surface area contributed by atoms with Crippen LogP contribution >= 0.6 is 0 Å². The minimum absolute atomic E-state index is 0.919. The Kier molecular flexibility index (Phi) is 3.85. The van der Waals surface area contributed by atoms with Crippen LogP contribution in [0.2, 0.25) is 0 Å². The third kappa shape index (κ3) is 2.93. The molecule has 0 radical (unpaired) electrons. The van der Waals surface area contributed by atoms with Crippen LogP contribution in [-0.2, 0) is 0 Å². The highest BCUT2D eigenvalue weighted by Crippen LogP contribution is 2.42. The third-order valence-electron chi connectivity index (χ3n) is 5.28. The summed E-state index contributed by atoms with van der Waals surface area (Å²) >= 11 is 0. The van der Waals surface area contributed by atoms with E-state index >= 15 is 0 Å². The molecule has 2 bridgehead atoms. The molecule has 1 nitrogen and oxygen atoms in total. The lowest BCUT2D eigenvalue weighted by Gasteiger charge is -2.23. The molecule has 0 saturated heterocycles. The normalized spacial score (nSPS) is 36.8. The second kappa shape index (κ2) is 5.56. The first kappa shape index (κ1) is 11.8. The Labute approximate surface area is 106 Å². The molecule has 0 aliphatic heterocycles. The van der Waals surface area contributed by atoms with E-state index in [2.05, 4.69) is 17.5 Å². The van der Waals surface area contributed by atoms with Crippen LogP contribution in [0.5, 0.6) is 0 Å². The molecule has 1 heteroatoms. The van der Waals surface area contributed by atoms with Crippen molar-refractivity contribution in [2.75, 3.05) is 13.1 Å². The topological polar surface area (TPSA) is 12.0 Å². The quantitative estimate of drug-likeness (QED) is 0.563. The van der Waals surface area contributed by atoms with Crippen molar-refractivity contribution in [2.45, 2.75) is 51.4 Å². The van der Waals surface area contributed by atoms with Crippen LogP contribution < -0.4 is 5.32 Å². The Morgan fingerprint density at radius 1 is 1.00 bits per heavy atom. The van der Waals surface area contributed by atoms with Crippen LogP contribution in [0.3, 0.4) is 0 Å². The average Bonchev–Trinajstić information content (AvgIpc) is 2.98. The van der Waals surface area contributed by atoms with E-state index < -0.39 is 0 Å². The SMILES string of the molecule is C1=CC2CC1CC2CNCCC1CCCCC1. The van der Waals surface area contributed by atoms with Crippen molar-refractivity contribution in [1.29, 1.82) is 0 Å². The van der Waals surface area contributed by atoms with E-state index in [1.807, 2.05) is 0 Å². The number of hydrogen-bond donors (Lipinski definition) is 1. The number of allylic oxidation sites excluding steroid dienone is 2. The Balaban J connectivity index is 1.29.